The smallest absolute Gasteiger partial charge is 0.127 e. The van der Waals surface area contributed by atoms with E-state index in [1.54, 1.807) is 0 Å². The molecule has 0 N–H and O–H groups in total. The molecule has 0 aliphatic carbocycles. The van der Waals surface area contributed by atoms with Gasteiger partial charge in [-0.1, -0.05) is 41.9 Å². The molecule has 143 valence electrons. The van der Waals surface area contributed by atoms with Gasteiger partial charge in [-0.15, -0.1) is 12.2 Å². The molecule has 0 atom stereocenters. The molecule has 28 heavy (non-hydrogen) atoms. The van der Waals surface area contributed by atoms with Gasteiger partial charge in [0.25, 0.3) is 0 Å². The molecule has 0 bridgehead atoms. The number of rotatable bonds is 1. The fraction of sp³-hybridized carbons (Fsp3) is 0.167. The second-order valence-electron chi connectivity index (χ2n) is 7.51. The SMILES string of the molecule is Cc1ccc(N2[CH-]N3C(=N2)c2cc(C)c(C)cc2-c2cc(C)c[c-]c23)cc1.[Ir]. The minimum Gasteiger partial charge on any atom is -0.476 e. The average molecular weight is 544 g/mol. The first kappa shape index (κ1) is 18.9. The summed E-state index contributed by atoms with van der Waals surface area (Å²) in [6.07, 6.45) is 0. The van der Waals surface area contributed by atoms with E-state index in [9.17, 15) is 0 Å². The Morgan fingerprint density at radius 3 is 2.21 bits per heavy atom. The number of hydrogen-bond acceptors (Lipinski definition) is 3. The van der Waals surface area contributed by atoms with Crippen LogP contribution in [0.3, 0.4) is 0 Å². The van der Waals surface area contributed by atoms with Gasteiger partial charge in [-0.25, -0.2) is 0 Å². The van der Waals surface area contributed by atoms with Crippen LogP contribution in [-0.2, 0) is 20.1 Å². The maximum atomic E-state index is 4.94. The molecule has 3 nitrogen and oxygen atoms in total. The number of hydrazone groups is 1. The molecule has 5 rings (SSSR count). The quantitative estimate of drug-likeness (QED) is 0.377. The van der Waals surface area contributed by atoms with Crippen molar-refractivity contribution in [3.05, 3.63) is 89.1 Å². The molecule has 0 spiro atoms. The number of benzene rings is 3. The van der Waals surface area contributed by atoms with Gasteiger partial charge in [-0.3, -0.25) is 0 Å². The molecule has 0 aromatic heterocycles. The molecular formula is C24H21IrN3-2. The van der Waals surface area contributed by atoms with E-state index < -0.39 is 0 Å². The topological polar surface area (TPSA) is 18.8 Å². The van der Waals surface area contributed by atoms with Crippen molar-refractivity contribution >= 4 is 17.2 Å². The number of fused-ring (bicyclic) bond motifs is 6. The normalized spacial score (nSPS) is 14.1. The second-order valence-corrected chi connectivity index (χ2v) is 7.51. The Labute approximate surface area is 180 Å². The van der Waals surface area contributed by atoms with Gasteiger partial charge in [0.2, 0.25) is 0 Å². The Balaban J connectivity index is 0.00000192. The van der Waals surface area contributed by atoms with Crippen molar-refractivity contribution in [2.24, 2.45) is 5.10 Å². The Hall–Kier alpha value is -2.42. The minimum absolute atomic E-state index is 0. The van der Waals surface area contributed by atoms with E-state index in [4.69, 9.17) is 5.10 Å². The van der Waals surface area contributed by atoms with E-state index in [0.717, 1.165) is 17.2 Å². The number of anilines is 2. The van der Waals surface area contributed by atoms with Crippen molar-refractivity contribution in [2.75, 3.05) is 9.91 Å². The summed E-state index contributed by atoms with van der Waals surface area (Å²) in [6.45, 7) is 10.6. The van der Waals surface area contributed by atoms with Crippen LogP contribution < -0.4 is 9.91 Å². The van der Waals surface area contributed by atoms with Crippen LogP contribution in [-0.4, -0.2) is 5.84 Å². The van der Waals surface area contributed by atoms with Gasteiger partial charge in [-0.05, 0) is 50.1 Å². The van der Waals surface area contributed by atoms with Crippen molar-refractivity contribution in [2.45, 2.75) is 27.7 Å². The number of amidine groups is 1. The second kappa shape index (κ2) is 6.88. The average Bonchev–Trinajstić information content (AvgIpc) is 3.09. The third-order valence-electron chi connectivity index (χ3n) is 5.42. The maximum Gasteiger partial charge on any atom is 0.127 e. The Bertz CT molecular complexity index is 1100. The minimum atomic E-state index is 0. The zero-order chi connectivity index (χ0) is 18.7. The van der Waals surface area contributed by atoms with Crippen molar-refractivity contribution in [3.63, 3.8) is 0 Å². The molecule has 3 aromatic carbocycles. The molecule has 0 fully saturated rings. The van der Waals surface area contributed by atoms with Crippen LogP contribution in [0.1, 0.15) is 27.8 Å². The fourth-order valence-corrected chi connectivity index (χ4v) is 3.74. The first-order valence-corrected chi connectivity index (χ1v) is 9.24. The summed E-state index contributed by atoms with van der Waals surface area (Å²) in [4.78, 5) is 2.16. The van der Waals surface area contributed by atoms with E-state index >= 15 is 0 Å². The molecule has 0 amide bonds. The molecule has 2 heterocycles. The van der Waals surface area contributed by atoms with E-state index in [0.29, 0.717) is 0 Å². The third kappa shape index (κ3) is 2.88. The molecule has 0 unspecified atom stereocenters. The Morgan fingerprint density at radius 1 is 0.821 bits per heavy atom. The first-order chi connectivity index (χ1) is 13.0. The molecule has 0 saturated carbocycles. The summed E-state index contributed by atoms with van der Waals surface area (Å²) >= 11 is 0. The van der Waals surface area contributed by atoms with Gasteiger partial charge in [0.05, 0.1) is 0 Å². The predicted molar refractivity (Wildman–Crippen MR) is 112 cm³/mol. The van der Waals surface area contributed by atoms with Crippen LogP contribution in [0.15, 0.2) is 53.6 Å². The number of nitrogens with zero attached hydrogens (tertiary/aromatic N) is 3. The summed E-state index contributed by atoms with van der Waals surface area (Å²) in [5, 5.41) is 6.90. The largest absolute Gasteiger partial charge is 0.476 e. The van der Waals surface area contributed by atoms with Crippen LogP contribution >= 0.6 is 0 Å². The standard InChI is InChI=1S/C24H21N3.Ir/c1-15-5-8-19(9-6-15)27-14-26-23-10-7-16(2)11-21(23)20-12-17(3)18(4)13-22(20)24(26)25-27;/h5-9,11-14H,1-4H3;/q-2;. The fourth-order valence-electron chi connectivity index (χ4n) is 3.74. The molecule has 4 heteroatoms. The van der Waals surface area contributed by atoms with E-state index in [2.05, 4.69) is 87.8 Å². The van der Waals surface area contributed by atoms with Crippen LogP contribution in [0, 0.1) is 40.4 Å². The third-order valence-corrected chi connectivity index (χ3v) is 5.42. The first-order valence-electron chi connectivity index (χ1n) is 9.24. The van der Waals surface area contributed by atoms with E-state index in [-0.39, 0.29) is 20.1 Å². The molecule has 2 aliphatic rings. The molecule has 0 saturated heterocycles. The Morgan fingerprint density at radius 2 is 1.50 bits per heavy atom. The van der Waals surface area contributed by atoms with Crippen molar-refractivity contribution in [1.82, 2.24) is 0 Å². The van der Waals surface area contributed by atoms with Crippen molar-refractivity contribution < 1.29 is 20.1 Å². The number of hydrogen-bond donors (Lipinski definition) is 0. The van der Waals surface area contributed by atoms with E-state index in [1.165, 1.54) is 38.9 Å². The zero-order valence-corrected chi connectivity index (χ0v) is 18.8. The summed E-state index contributed by atoms with van der Waals surface area (Å²) in [5.41, 5.74) is 10.8. The van der Waals surface area contributed by atoms with Crippen LogP contribution in [0.2, 0.25) is 0 Å². The van der Waals surface area contributed by atoms with Crippen molar-refractivity contribution in [1.29, 1.82) is 0 Å². The van der Waals surface area contributed by atoms with Gasteiger partial charge in [0.15, 0.2) is 0 Å². The van der Waals surface area contributed by atoms with Gasteiger partial charge in [0.1, 0.15) is 5.84 Å². The molecular weight excluding hydrogens is 523 g/mol. The summed E-state index contributed by atoms with van der Waals surface area (Å²) in [7, 11) is 0. The zero-order valence-electron chi connectivity index (χ0n) is 16.4. The van der Waals surface area contributed by atoms with Crippen molar-refractivity contribution in [3.8, 4) is 11.1 Å². The summed E-state index contributed by atoms with van der Waals surface area (Å²) < 4.78 is 0. The Kier molecular flexibility index (Phi) is 4.65. The van der Waals surface area contributed by atoms with Crippen LogP contribution in [0.25, 0.3) is 11.1 Å². The molecule has 2 aliphatic heterocycles. The van der Waals surface area contributed by atoms with E-state index in [1.807, 2.05) is 11.1 Å². The predicted octanol–water partition coefficient (Wildman–Crippen LogP) is 5.51. The molecule has 1 radical (unpaired) electrons. The van der Waals surface area contributed by atoms with Gasteiger partial charge >= 0.3 is 0 Å². The van der Waals surface area contributed by atoms with Gasteiger partial charge in [0, 0.05) is 31.4 Å². The maximum absolute atomic E-state index is 4.94. The van der Waals surface area contributed by atoms with Gasteiger partial charge < -0.3 is 9.91 Å². The molecule has 3 aromatic rings. The monoisotopic (exact) mass is 544 g/mol. The van der Waals surface area contributed by atoms with Crippen LogP contribution in [0.4, 0.5) is 11.4 Å². The van der Waals surface area contributed by atoms with Gasteiger partial charge in [-0.2, -0.15) is 28.9 Å². The summed E-state index contributed by atoms with van der Waals surface area (Å²) in [6, 6.07) is 20.8. The van der Waals surface area contributed by atoms with Crippen LogP contribution in [0.5, 0.6) is 0 Å². The number of aryl methyl sites for hydroxylation is 4. The summed E-state index contributed by atoms with van der Waals surface area (Å²) in [5.74, 6) is 0.960.